The summed E-state index contributed by atoms with van der Waals surface area (Å²) in [6.45, 7) is 0.938. The molecule has 1 aromatic rings. The van der Waals surface area contributed by atoms with Gasteiger partial charge in [0.05, 0.1) is 29.8 Å². The largest absolute Gasteiger partial charge is 0.382 e. The number of nitrogens with zero attached hydrogens (tertiary/aromatic N) is 1. The molecule has 0 spiro atoms. The van der Waals surface area contributed by atoms with Gasteiger partial charge < -0.3 is 9.47 Å². The number of fused-ring (bicyclic) bond motifs is 1. The van der Waals surface area contributed by atoms with Crippen LogP contribution in [0.4, 0.5) is 4.39 Å². The molecule has 22 heavy (non-hydrogen) atoms. The lowest BCUT2D eigenvalue weighted by Gasteiger charge is -2.35. The van der Waals surface area contributed by atoms with Crippen LogP contribution < -0.4 is 0 Å². The van der Waals surface area contributed by atoms with Crippen LogP contribution in [0.25, 0.3) is 0 Å². The van der Waals surface area contributed by atoms with E-state index in [-0.39, 0.29) is 23.1 Å². The first-order valence-electron chi connectivity index (χ1n) is 7.44. The van der Waals surface area contributed by atoms with E-state index < -0.39 is 15.8 Å². The number of rotatable bonds is 4. The standard InChI is InChI=1S/C15H20FNO4S/c1-20-10-12-5-6-14-15(21-12)7-8-17(14)22(18,19)13-4-2-3-11(16)9-13/h2-4,9,12,14-15H,5-8,10H2,1H3/t12-,14+,15+/m0/s1. The Morgan fingerprint density at radius 3 is 2.91 bits per heavy atom. The van der Waals surface area contributed by atoms with Gasteiger partial charge in [-0.1, -0.05) is 6.07 Å². The first-order valence-corrected chi connectivity index (χ1v) is 8.88. The normalized spacial score (nSPS) is 29.5. The first kappa shape index (κ1) is 15.9. The highest BCUT2D eigenvalue weighted by Gasteiger charge is 2.45. The van der Waals surface area contributed by atoms with Gasteiger partial charge in [-0.25, -0.2) is 12.8 Å². The summed E-state index contributed by atoms with van der Waals surface area (Å²) in [6.07, 6.45) is 2.11. The molecular formula is C15H20FNO4S. The highest BCUT2D eigenvalue weighted by Crippen LogP contribution is 2.35. The van der Waals surface area contributed by atoms with E-state index in [2.05, 4.69) is 0 Å². The molecule has 2 heterocycles. The van der Waals surface area contributed by atoms with Crippen molar-refractivity contribution in [1.29, 1.82) is 0 Å². The quantitative estimate of drug-likeness (QED) is 0.845. The Hall–Kier alpha value is -1.02. The predicted molar refractivity (Wildman–Crippen MR) is 78.5 cm³/mol. The van der Waals surface area contributed by atoms with E-state index in [4.69, 9.17) is 9.47 Å². The summed E-state index contributed by atoms with van der Waals surface area (Å²) in [7, 11) is -2.05. The number of ether oxygens (including phenoxy) is 2. The molecule has 0 saturated carbocycles. The van der Waals surface area contributed by atoms with Gasteiger partial charge in [0.25, 0.3) is 0 Å². The van der Waals surface area contributed by atoms with Gasteiger partial charge >= 0.3 is 0 Å². The molecule has 0 bridgehead atoms. The highest BCUT2D eigenvalue weighted by atomic mass is 32.2. The van der Waals surface area contributed by atoms with Gasteiger partial charge in [-0.15, -0.1) is 0 Å². The zero-order chi connectivity index (χ0) is 15.7. The van der Waals surface area contributed by atoms with E-state index >= 15 is 0 Å². The minimum absolute atomic E-state index is 0.00663. The molecule has 2 saturated heterocycles. The molecule has 5 nitrogen and oxygen atoms in total. The molecule has 0 aromatic heterocycles. The third kappa shape index (κ3) is 2.90. The van der Waals surface area contributed by atoms with E-state index in [1.54, 1.807) is 7.11 Å². The van der Waals surface area contributed by atoms with Gasteiger partial charge in [0.2, 0.25) is 10.0 Å². The van der Waals surface area contributed by atoms with Crippen LogP contribution in [0.3, 0.4) is 0 Å². The molecule has 0 unspecified atom stereocenters. The van der Waals surface area contributed by atoms with Gasteiger partial charge in [-0.3, -0.25) is 0 Å². The lowest BCUT2D eigenvalue weighted by atomic mass is 10.0. The predicted octanol–water partition coefficient (Wildman–Crippen LogP) is 1.78. The molecule has 7 heteroatoms. The summed E-state index contributed by atoms with van der Waals surface area (Å²) in [5.41, 5.74) is 0. The Bertz CT molecular complexity index is 636. The van der Waals surface area contributed by atoms with Crippen molar-refractivity contribution in [3.05, 3.63) is 30.1 Å². The third-order valence-corrected chi connectivity index (χ3v) is 6.26. The molecule has 0 aliphatic carbocycles. The molecule has 0 N–H and O–H groups in total. The molecule has 0 radical (unpaired) electrons. The molecule has 3 rings (SSSR count). The Morgan fingerprint density at radius 1 is 1.36 bits per heavy atom. The van der Waals surface area contributed by atoms with Crippen molar-refractivity contribution in [1.82, 2.24) is 4.31 Å². The number of halogens is 1. The molecule has 3 atom stereocenters. The van der Waals surface area contributed by atoms with Crippen molar-refractivity contribution in [2.75, 3.05) is 20.3 Å². The molecule has 2 fully saturated rings. The maximum absolute atomic E-state index is 13.3. The second kappa shape index (κ2) is 6.23. The average Bonchev–Trinajstić information content (AvgIpc) is 2.91. The minimum Gasteiger partial charge on any atom is -0.382 e. The van der Waals surface area contributed by atoms with Gasteiger partial charge in [-0.2, -0.15) is 4.31 Å². The monoisotopic (exact) mass is 329 g/mol. The van der Waals surface area contributed by atoms with Crippen LogP contribution in [0, 0.1) is 5.82 Å². The molecule has 1 aromatic carbocycles. The maximum atomic E-state index is 13.3. The van der Waals surface area contributed by atoms with Crippen LogP contribution in [0.15, 0.2) is 29.2 Å². The van der Waals surface area contributed by atoms with Gasteiger partial charge in [0, 0.05) is 13.7 Å². The van der Waals surface area contributed by atoms with Crippen molar-refractivity contribution in [2.24, 2.45) is 0 Å². The van der Waals surface area contributed by atoms with Crippen LogP contribution >= 0.6 is 0 Å². The minimum atomic E-state index is -3.68. The van der Waals surface area contributed by atoms with Crippen molar-refractivity contribution < 1.29 is 22.3 Å². The highest BCUT2D eigenvalue weighted by molar-refractivity contribution is 7.89. The van der Waals surface area contributed by atoms with Crippen molar-refractivity contribution in [3.8, 4) is 0 Å². The number of hydrogen-bond donors (Lipinski definition) is 0. The third-order valence-electron chi connectivity index (χ3n) is 4.34. The van der Waals surface area contributed by atoms with Crippen LogP contribution in [0.5, 0.6) is 0 Å². The first-order chi connectivity index (χ1) is 10.5. The van der Waals surface area contributed by atoms with E-state index in [1.807, 2.05) is 0 Å². The Morgan fingerprint density at radius 2 is 2.18 bits per heavy atom. The van der Waals surface area contributed by atoms with Crippen LogP contribution in [-0.4, -0.2) is 51.2 Å². The van der Waals surface area contributed by atoms with E-state index in [0.29, 0.717) is 19.6 Å². The van der Waals surface area contributed by atoms with E-state index in [9.17, 15) is 12.8 Å². The SMILES string of the molecule is COC[C@@H]1CC[C@@H]2[C@@H](CCN2S(=O)(=O)c2cccc(F)c2)O1. The van der Waals surface area contributed by atoms with Crippen LogP contribution in [0.1, 0.15) is 19.3 Å². The zero-order valence-corrected chi connectivity index (χ0v) is 13.3. The Kier molecular flexibility index (Phi) is 4.49. The average molecular weight is 329 g/mol. The summed E-state index contributed by atoms with van der Waals surface area (Å²) in [4.78, 5) is 0.00663. The lowest BCUT2D eigenvalue weighted by molar-refractivity contribution is -0.0872. The summed E-state index contributed by atoms with van der Waals surface area (Å²) in [5.74, 6) is -0.545. The van der Waals surface area contributed by atoms with Crippen molar-refractivity contribution in [2.45, 2.75) is 42.4 Å². The number of methoxy groups -OCH3 is 1. The van der Waals surface area contributed by atoms with Crippen LogP contribution in [-0.2, 0) is 19.5 Å². The van der Waals surface area contributed by atoms with Gasteiger partial charge in [0.1, 0.15) is 5.82 Å². The fraction of sp³-hybridized carbons (Fsp3) is 0.600. The Balaban J connectivity index is 1.79. The maximum Gasteiger partial charge on any atom is 0.243 e. The van der Waals surface area contributed by atoms with Gasteiger partial charge in [0.15, 0.2) is 0 Å². The van der Waals surface area contributed by atoms with Crippen LogP contribution in [0.2, 0.25) is 0 Å². The molecule has 0 amide bonds. The fourth-order valence-electron chi connectivity index (χ4n) is 3.33. The molecule has 122 valence electrons. The summed E-state index contributed by atoms with van der Waals surface area (Å²) in [5, 5.41) is 0. The molecule has 2 aliphatic rings. The number of hydrogen-bond acceptors (Lipinski definition) is 4. The topological polar surface area (TPSA) is 55.8 Å². The second-order valence-electron chi connectivity index (χ2n) is 5.76. The Labute approximate surface area is 130 Å². The second-order valence-corrected chi connectivity index (χ2v) is 7.65. The lowest BCUT2D eigenvalue weighted by Crippen LogP contribution is -2.45. The summed E-state index contributed by atoms with van der Waals surface area (Å²) >= 11 is 0. The molecule has 2 aliphatic heterocycles. The number of sulfonamides is 1. The molecular weight excluding hydrogens is 309 g/mol. The van der Waals surface area contributed by atoms with Crippen molar-refractivity contribution >= 4 is 10.0 Å². The summed E-state index contributed by atoms with van der Waals surface area (Å²) in [6, 6.07) is 5.00. The van der Waals surface area contributed by atoms with E-state index in [1.165, 1.54) is 22.5 Å². The smallest absolute Gasteiger partial charge is 0.243 e. The van der Waals surface area contributed by atoms with Gasteiger partial charge in [-0.05, 0) is 37.5 Å². The fourth-order valence-corrected chi connectivity index (χ4v) is 5.05. The number of benzene rings is 1. The summed E-state index contributed by atoms with van der Waals surface area (Å²) < 4.78 is 51.3. The van der Waals surface area contributed by atoms with E-state index in [0.717, 1.165) is 18.9 Å². The zero-order valence-electron chi connectivity index (χ0n) is 12.4. The van der Waals surface area contributed by atoms with Crippen molar-refractivity contribution in [3.63, 3.8) is 0 Å².